The summed E-state index contributed by atoms with van der Waals surface area (Å²) in [5, 5.41) is 3.48. The molecule has 1 fully saturated rings. The fraction of sp³-hybridized carbons (Fsp3) is 0.625. The minimum atomic E-state index is -4.27. The van der Waals surface area contributed by atoms with E-state index in [9.17, 15) is 13.2 Å². The molecule has 0 saturated carbocycles. The first kappa shape index (κ1) is 16.7. The van der Waals surface area contributed by atoms with E-state index in [-0.39, 0.29) is 10.8 Å². The Labute approximate surface area is 128 Å². The molecule has 1 nitrogen and oxygen atoms in total. The lowest BCUT2D eigenvalue weighted by Crippen LogP contribution is -2.38. The van der Waals surface area contributed by atoms with Crippen molar-refractivity contribution in [1.29, 1.82) is 0 Å². The topological polar surface area (TPSA) is 12.0 Å². The van der Waals surface area contributed by atoms with Crippen LogP contribution in [0.15, 0.2) is 18.2 Å². The van der Waals surface area contributed by atoms with E-state index in [4.69, 9.17) is 0 Å². The van der Waals surface area contributed by atoms with E-state index >= 15 is 0 Å². The van der Waals surface area contributed by atoms with Crippen molar-refractivity contribution < 1.29 is 13.2 Å². The summed E-state index contributed by atoms with van der Waals surface area (Å²) in [6.07, 6.45) is -2.01. The van der Waals surface area contributed by atoms with Gasteiger partial charge >= 0.3 is 6.18 Å². The van der Waals surface area contributed by atoms with Crippen LogP contribution >= 0.6 is 11.8 Å². The van der Waals surface area contributed by atoms with Crippen LogP contribution in [0.2, 0.25) is 0 Å². The maximum absolute atomic E-state index is 12.8. The minimum Gasteiger partial charge on any atom is -0.309 e. The molecule has 1 N–H and O–H groups in total. The van der Waals surface area contributed by atoms with Gasteiger partial charge in [-0.25, -0.2) is 0 Å². The van der Waals surface area contributed by atoms with E-state index in [1.165, 1.54) is 18.6 Å². The lowest BCUT2D eigenvalue weighted by atomic mass is 9.87. The quantitative estimate of drug-likeness (QED) is 0.843. The Kier molecular flexibility index (Phi) is 4.93. The van der Waals surface area contributed by atoms with Gasteiger partial charge in [-0.15, -0.1) is 0 Å². The van der Waals surface area contributed by atoms with Crippen molar-refractivity contribution in [2.45, 2.75) is 50.6 Å². The monoisotopic (exact) mass is 317 g/mol. The molecule has 2 unspecified atom stereocenters. The standard InChI is InChI=1S/C16H22F3NS/c1-4-20-14(15(3)8-5-9-21-15)13-7-6-12(10-11(13)2)16(17,18)19/h6-7,10,14,20H,4-5,8-9H2,1-3H3. The molecule has 1 aromatic carbocycles. The van der Waals surface area contributed by atoms with Crippen LogP contribution in [0.3, 0.4) is 0 Å². The van der Waals surface area contributed by atoms with Crippen LogP contribution < -0.4 is 5.32 Å². The van der Waals surface area contributed by atoms with Gasteiger partial charge < -0.3 is 5.32 Å². The number of hydrogen-bond donors (Lipinski definition) is 1. The molecule has 0 spiro atoms. The van der Waals surface area contributed by atoms with E-state index in [1.807, 2.05) is 18.7 Å². The second-order valence-electron chi connectivity index (χ2n) is 5.82. The summed E-state index contributed by atoms with van der Waals surface area (Å²) < 4.78 is 38.5. The third-order valence-corrected chi connectivity index (χ3v) is 5.77. The zero-order chi connectivity index (χ0) is 15.7. The molecule has 1 heterocycles. The predicted octanol–water partition coefficient (Wildman–Crippen LogP) is 4.95. The van der Waals surface area contributed by atoms with Gasteiger partial charge in [0.15, 0.2) is 0 Å². The smallest absolute Gasteiger partial charge is 0.309 e. The second kappa shape index (κ2) is 6.21. The Morgan fingerprint density at radius 2 is 2.10 bits per heavy atom. The molecule has 21 heavy (non-hydrogen) atoms. The third-order valence-electron chi connectivity index (χ3n) is 4.18. The van der Waals surface area contributed by atoms with Gasteiger partial charge in [-0.05, 0) is 62.2 Å². The van der Waals surface area contributed by atoms with Crippen LogP contribution in [-0.4, -0.2) is 17.0 Å². The number of thioether (sulfide) groups is 1. The Balaban J connectivity index is 2.37. The van der Waals surface area contributed by atoms with Crippen LogP contribution in [0, 0.1) is 6.92 Å². The molecule has 1 aliphatic heterocycles. The molecule has 0 radical (unpaired) electrons. The first-order valence-electron chi connectivity index (χ1n) is 7.33. The highest BCUT2D eigenvalue weighted by molar-refractivity contribution is 8.00. The third kappa shape index (κ3) is 3.57. The van der Waals surface area contributed by atoms with Gasteiger partial charge in [-0.1, -0.05) is 13.0 Å². The van der Waals surface area contributed by atoms with Gasteiger partial charge in [0.1, 0.15) is 0 Å². The number of halogens is 3. The molecule has 0 amide bonds. The second-order valence-corrected chi connectivity index (χ2v) is 7.45. The molecule has 0 aliphatic carbocycles. The van der Waals surface area contributed by atoms with Gasteiger partial charge in [-0.2, -0.15) is 24.9 Å². The molecule has 1 aliphatic rings. The fourth-order valence-electron chi connectivity index (χ4n) is 3.06. The average molecular weight is 317 g/mol. The van der Waals surface area contributed by atoms with Crippen molar-refractivity contribution >= 4 is 11.8 Å². The van der Waals surface area contributed by atoms with Crippen molar-refractivity contribution in [2.75, 3.05) is 12.3 Å². The molecule has 118 valence electrons. The fourth-order valence-corrected chi connectivity index (χ4v) is 4.48. The lowest BCUT2D eigenvalue weighted by Gasteiger charge is -2.35. The summed E-state index contributed by atoms with van der Waals surface area (Å²) in [5.74, 6) is 1.12. The molecule has 1 saturated heterocycles. The molecule has 2 atom stereocenters. The summed E-state index contributed by atoms with van der Waals surface area (Å²) in [5.41, 5.74) is 1.13. The van der Waals surface area contributed by atoms with E-state index in [0.29, 0.717) is 5.56 Å². The summed E-state index contributed by atoms with van der Waals surface area (Å²) in [6.45, 7) is 6.84. The average Bonchev–Trinajstić information content (AvgIpc) is 2.83. The van der Waals surface area contributed by atoms with E-state index in [1.54, 1.807) is 13.0 Å². The number of rotatable bonds is 4. The minimum absolute atomic E-state index is 0.0561. The summed E-state index contributed by atoms with van der Waals surface area (Å²) in [7, 11) is 0. The van der Waals surface area contributed by atoms with Crippen molar-refractivity contribution in [3.05, 3.63) is 34.9 Å². The molecule has 0 aromatic heterocycles. The van der Waals surface area contributed by atoms with Gasteiger partial charge in [0.05, 0.1) is 5.56 Å². The van der Waals surface area contributed by atoms with Crippen molar-refractivity contribution in [2.24, 2.45) is 0 Å². The highest BCUT2D eigenvalue weighted by Crippen LogP contribution is 2.47. The Morgan fingerprint density at radius 1 is 1.38 bits per heavy atom. The Hall–Kier alpha value is -0.680. The van der Waals surface area contributed by atoms with Crippen LogP contribution in [-0.2, 0) is 6.18 Å². The number of nitrogens with one attached hydrogen (secondary N) is 1. The molecule has 2 rings (SSSR count). The SMILES string of the molecule is CCNC(c1ccc(C(F)(F)F)cc1C)C1(C)CCCS1. The molecular formula is C16H22F3NS. The van der Waals surface area contributed by atoms with Crippen LogP contribution in [0.4, 0.5) is 13.2 Å². The van der Waals surface area contributed by atoms with Crippen LogP contribution in [0.5, 0.6) is 0 Å². The Morgan fingerprint density at radius 3 is 2.57 bits per heavy atom. The highest BCUT2D eigenvalue weighted by atomic mass is 32.2. The molecule has 0 bridgehead atoms. The van der Waals surface area contributed by atoms with E-state index < -0.39 is 11.7 Å². The summed E-state index contributed by atoms with van der Waals surface area (Å²) in [6, 6.07) is 4.21. The van der Waals surface area contributed by atoms with E-state index in [2.05, 4.69) is 12.2 Å². The maximum Gasteiger partial charge on any atom is 0.416 e. The maximum atomic E-state index is 12.8. The number of benzene rings is 1. The lowest BCUT2D eigenvalue weighted by molar-refractivity contribution is -0.137. The first-order valence-corrected chi connectivity index (χ1v) is 8.31. The highest BCUT2D eigenvalue weighted by Gasteiger charge is 2.39. The number of alkyl halides is 3. The zero-order valence-corrected chi connectivity index (χ0v) is 13.5. The van der Waals surface area contributed by atoms with Crippen LogP contribution in [0.25, 0.3) is 0 Å². The predicted molar refractivity (Wildman–Crippen MR) is 82.7 cm³/mol. The normalized spacial score (nSPS) is 24.3. The first-order chi connectivity index (χ1) is 9.78. The van der Waals surface area contributed by atoms with Gasteiger partial charge in [0, 0.05) is 10.8 Å². The summed E-state index contributed by atoms with van der Waals surface area (Å²) in [4.78, 5) is 0. The van der Waals surface area contributed by atoms with Gasteiger partial charge in [0.25, 0.3) is 0 Å². The largest absolute Gasteiger partial charge is 0.416 e. The van der Waals surface area contributed by atoms with Crippen LogP contribution in [0.1, 0.15) is 49.4 Å². The van der Waals surface area contributed by atoms with Crippen molar-refractivity contribution in [3.8, 4) is 0 Å². The number of hydrogen-bond acceptors (Lipinski definition) is 2. The van der Waals surface area contributed by atoms with Gasteiger partial charge in [-0.3, -0.25) is 0 Å². The molecule has 1 aromatic rings. The van der Waals surface area contributed by atoms with Crippen molar-refractivity contribution in [1.82, 2.24) is 5.32 Å². The van der Waals surface area contributed by atoms with Gasteiger partial charge in [0.2, 0.25) is 0 Å². The molecule has 5 heteroatoms. The number of aryl methyl sites for hydroxylation is 1. The zero-order valence-electron chi connectivity index (χ0n) is 12.7. The Bertz CT molecular complexity index is 493. The molecular weight excluding hydrogens is 295 g/mol. The summed E-state index contributed by atoms with van der Waals surface area (Å²) >= 11 is 1.92. The van der Waals surface area contributed by atoms with E-state index in [0.717, 1.165) is 24.3 Å². The van der Waals surface area contributed by atoms with Crippen molar-refractivity contribution in [3.63, 3.8) is 0 Å².